The molecule has 0 aromatic carbocycles. The molecule has 0 fully saturated rings. The van der Waals surface area contributed by atoms with Gasteiger partial charge >= 0.3 is 0 Å². The van der Waals surface area contributed by atoms with Gasteiger partial charge in [0, 0.05) is 0 Å². The van der Waals surface area contributed by atoms with E-state index in [9.17, 15) is 0 Å². The van der Waals surface area contributed by atoms with Crippen molar-refractivity contribution in [1.82, 2.24) is 0 Å². The Morgan fingerprint density at radius 2 is 1.14 bits per heavy atom. The average molecular weight is 303 g/mol. The first-order chi connectivity index (χ1) is 10.1. The molecule has 132 valence electrons. The van der Waals surface area contributed by atoms with E-state index in [2.05, 4.69) is 27.7 Å². The summed E-state index contributed by atoms with van der Waals surface area (Å²) in [6.45, 7) is 14.9. The summed E-state index contributed by atoms with van der Waals surface area (Å²) in [7, 11) is 0. The van der Waals surface area contributed by atoms with Crippen molar-refractivity contribution in [3.05, 3.63) is 0 Å². The van der Waals surface area contributed by atoms with Crippen molar-refractivity contribution in [2.24, 2.45) is 5.92 Å². The second kappa shape index (κ2) is 24.9. The van der Waals surface area contributed by atoms with Gasteiger partial charge in [0.05, 0.1) is 6.10 Å². The Morgan fingerprint density at radius 1 is 0.667 bits per heavy atom. The predicted molar refractivity (Wildman–Crippen MR) is 100 cm³/mol. The van der Waals surface area contributed by atoms with E-state index in [-0.39, 0.29) is 6.10 Å². The summed E-state index contributed by atoms with van der Waals surface area (Å²) < 4.78 is 0. The van der Waals surface area contributed by atoms with Crippen LogP contribution in [-0.4, -0.2) is 11.2 Å². The predicted octanol–water partition coefficient (Wildman–Crippen LogP) is 7.37. The van der Waals surface area contributed by atoms with Crippen LogP contribution in [0.4, 0.5) is 0 Å². The van der Waals surface area contributed by atoms with Crippen LogP contribution in [0.1, 0.15) is 119 Å². The summed E-state index contributed by atoms with van der Waals surface area (Å²) in [6, 6.07) is 0. The van der Waals surface area contributed by atoms with Crippen molar-refractivity contribution < 1.29 is 5.11 Å². The highest BCUT2D eigenvalue weighted by Crippen LogP contribution is 2.13. The average Bonchev–Trinajstić information content (AvgIpc) is 2.51. The maximum Gasteiger partial charge on any atom is 0.0512 e. The van der Waals surface area contributed by atoms with Crippen molar-refractivity contribution in [2.45, 2.75) is 125 Å². The lowest BCUT2D eigenvalue weighted by Gasteiger charge is -2.06. The lowest BCUT2D eigenvalue weighted by molar-refractivity contribution is 0.181. The van der Waals surface area contributed by atoms with Crippen LogP contribution in [0.15, 0.2) is 0 Å². The Balaban J connectivity index is -0.000000307. The normalized spacial score (nSPS) is 12.6. The maximum absolute atomic E-state index is 8.68. The number of hydrogen-bond donors (Lipinski definition) is 1. The van der Waals surface area contributed by atoms with E-state index in [4.69, 9.17) is 5.11 Å². The standard InChI is InChI=1S/C12H26.C6H14O.C2H6/c1-4-6-7-8-9-10-11-12(3)5-2;1-3-4-5-6(2)7;1-2/h12H,4-11H2,1-3H3;6-7H,3-5H2,1-2H3;1-2H3. The molecule has 0 spiro atoms. The van der Waals surface area contributed by atoms with Crippen molar-refractivity contribution >= 4 is 0 Å². The minimum Gasteiger partial charge on any atom is -0.393 e. The summed E-state index contributed by atoms with van der Waals surface area (Å²) in [6.07, 6.45) is 14.6. The number of aliphatic hydroxyl groups excluding tert-OH is 1. The van der Waals surface area contributed by atoms with Crippen LogP contribution in [0.3, 0.4) is 0 Å². The minimum atomic E-state index is -0.0973. The molecule has 0 aliphatic carbocycles. The van der Waals surface area contributed by atoms with Crippen LogP contribution in [0.2, 0.25) is 0 Å². The Hall–Kier alpha value is -0.0400. The molecule has 2 atom stereocenters. The first-order valence-corrected chi connectivity index (χ1v) is 9.76. The molecular weight excluding hydrogens is 256 g/mol. The lowest BCUT2D eigenvalue weighted by Crippen LogP contribution is -1.97. The zero-order valence-electron chi connectivity index (χ0n) is 16.4. The van der Waals surface area contributed by atoms with Gasteiger partial charge in [-0.1, -0.05) is 106 Å². The third-order valence-electron chi connectivity index (χ3n) is 3.72. The Bertz CT molecular complexity index is 143. The van der Waals surface area contributed by atoms with Gasteiger partial charge in [-0.15, -0.1) is 0 Å². The molecule has 0 saturated heterocycles. The molecule has 0 amide bonds. The van der Waals surface area contributed by atoms with Crippen molar-refractivity contribution in [1.29, 1.82) is 0 Å². The summed E-state index contributed by atoms with van der Waals surface area (Å²) in [5.41, 5.74) is 0. The van der Waals surface area contributed by atoms with Gasteiger partial charge in [0.2, 0.25) is 0 Å². The molecule has 0 saturated carbocycles. The molecule has 0 aromatic rings. The highest BCUT2D eigenvalue weighted by Gasteiger charge is 1.97. The monoisotopic (exact) mass is 302 g/mol. The van der Waals surface area contributed by atoms with E-state index in [1.54, 1.807) is 0 Å². The maximum atomic E-state index is 8.68. The number of rotatable bonds is 11. The summed E-state index contributed by atoms with van der Waals surface area (Å²) in [4.78, 5) is 0. The lowest BCUT2D eigenvalue weighted by atomic mass is 10.00. The molecule has 1 nitrogen and oxygen atoms in total. The summed E-state index contributed by atoms with van der Waals surface area (Å²) in [5, 5.41) is 8.68. The molecule has 1 heteroatoms. The number of unbranched alkanes of at least 4 members (excludes halogenated alkanes) is 6. The highest BCUT2D eigenvalue weighted by molar-refractivity contribution is 4.51. The molecule has 0 aliphatic rings. The van der Waals surface area contributed by atoms with E-state index < -0.39 is 0 Å². The van der Waals surface area contributed by atoms with Crippen molar-refractivity contribution in [3.63, 3.8) is 0 Å². The third kappa shape index (κ3) is 33.0. The van der Waals surface area contributed by atoms with E-state index in [1.807, 2.05) is 20.8 Å². The fourth-order valence-electron chi connectivity index (χ4n) is 1.98. The van der Waals surface area contributed by atoms with Gasteiger partial charge in [0.25, 0.3) is 0 Å². The molecule has 1 N–H and O–H groups in total. The SMILES string of the molecule is CC.CCCCC(C)O.CCCCCCCCC(C)CC. The van der Waals surface area contributed by atoms with Crippen molar-refractivity contribution in [3.8, 4) is 0 Å². The van der Waals surface area contributed by atoms with E-state index >= 15 is 0 Å². The topological polar surface area (TPSA) is 20.2 Å². The molecule has 0 rings (SSSR count). The van der Waals surface area contributed by atoms with Crippen LogP contribution in [0, 0.1) is 5.92 Å². The summed E-state index contributed by atoms with van der Waals surface area (Å²) >= 11 is 0. The first kappa shape index (κ1) is 25.9. The minimum absolute atomic E-state index is 0.0973. The summed E-state index contributed by atoms with van der Waals surface area (Å²) in [5.74, 6) is 0.955. The first-order valence-electron chi connectivity index (χ1n) is 9.76. The Morgan fingerprint density at radius 3 is 1.52 bits per heavy atom. The quantitative estimate of drug-likeness (QED) is 0.395. The van der Waals surface area contributed by atoms with Crippen LogP contribution < -0.4 is 0 Å². The van der Waals surface area contributed by atoms with Gasteiger partial charge in [-0.25, -0.2) is 0 Å². The van der Waals surface area contributed by atoms with Gasteiger partial charge < -0.3 is 5.11 Å². The number of aliphatic hydroxyl groups is 1. The van der Waals surface area contributed by atoms with Crippen molar-refractivity contribution in [2.75, 3.05) is 0 Å². The molecule has 0 bridgehead atoms. The van der Waals surface area contributed by atoms with E-state index in [0.717, 1.165) is 18.8 Å². The third-order valence-corrected chi connectivity index (χ3v) is 3.72. The molecule has 0 aliphatic heterocycles. The molecule has 21 heavy (non-hydrogen) atoms. The molecule has 0 heterocycles. The fourth-order valence-corrected chi connectivity index (χ4v) is 1.98. The zero-order chi connectivity index (χ0) is 16.9. The van der Waals surface area contributed by atoms with Crippen LogP contribution in [0.5, 0.6) is 0 Å². The van der Waals surface area contributed by atoms with Gasteiger partial charge in [-0.05, 0) is 19.3 Å². The van der Waals surface area contributed by atoms with E-state index in [1.165, 1.54) is 57.8 Å². The second-order valence-corrected chi connectivity index (χ2v) is 6.06. The van der Waals surface area contributed by atoms with Gasteiger partial charge in [-0.2, -0.15) is 0 Å². The van der Waals surface area contributed by atoms with Crippen LogP contribution >= 0.6 is 0 Å². The molecule has 0 radical (unpaired) electrons. The Labute approximate surface area is 136 Å². The smallest absolute Gasteiger partial charge is 0.0512 e. The van der Waals surface area contributed by atoms with Crippen LogP contribution in [0.25, 0.3) is 0 Å². The van der Waals surface area contributed by atoms with Crippen LogP contribution in [-0.2, 0) is 0 Å². The number of hydrogen-bond acceptors (Lipinski definition) is 1. The zero-order valence-corrected chi connectivity index (χ0v) is 16.4. The molecule has 0 aromatic heterocycles. The fraction of sp³-hybridized carbons (Fsp3) is 1.00. The Kier molecular flexibility index (Phi) is 30.8. The van der Waals surface area contributed by atoms with Gasteiger partial charge in [0.1, 0.15) is 0 Å². The molecular formula is C20H46O. The van der Waals surface area contributed by atoms with Gasteiger partial charge in [0.15, 0.2) is 0 Å². The second-order valence-electron chi connectivity index (χ2n) is 6.06. The largest absolute Gasteiger partial charge is 0.393 e. The molecule has 2 unspecified atom stereocenters. The highest BCUT2D eigenvalue weighted by atomic mass is 16.3. The van der Waals surface area contributed by atoms with E-state index in [0.29, 0.717) is 0 Å². The van der Waals surface area contributed by atoms with Gasteiger partial charge in [-0.3, -0.25) is 0 Å².